The molecular formula is C6H15NO2. The van der Waals surface area contributed by atoms with Crippen LogP contribution in [0.1, 0.15) is 26.2 Å². The lowest BCUT2D eigenvalue weighted by molar-refractivity contribution is -0.0473. The van der Waals surface area contributed by atoms with Crippen molar-refractivity contribution in [3.05, 3.63) is 0 Å². The van der Waals surface area contributed by atoms with Gasteiger partial charge >= 0.3 is 0 Å². The molecule has 0 aliphatic heterocycles. The molecule has 0 aromatic rings. The fourth-order valence-electron chi connectivity index (χ4n) is 0.567. The lowest BCUT2D eigenvalue weighted by Gasteiger charge is -2.08. The molecule has 0 saturated heterocycles. The number of hydrogen-bond acceptors (Lipinski definition) is 3. The molecule has 0 aromatic heterocycles. The monoisotopic (exact) mass is 133 g/mol. The third-order valence-corrected chi connectivity index (χ3v) is 1.32. The molecule has 0 spiro atoms. The summed E-state index contributed by atoms with van der Waals surface area (Å²) in [5.41, 5.74) is 5.50. The Hall–Kier alpha value is -0.120. The van der Waals surface area contributed by atoms with Crippen LogP contribution in [0, 0.1) is 0 Å². The second kappa shape index (κ2) is 4.73. The van der Waals surface area contributed by atoms with Crippen LogP contribution in [-0.2, 0) is 0 Å². The maximum absolute atomic E-state index is 8.40. The van der Waals surface area contributed by atoms with E-state index >= 15 is 0 Å². The molecular weight excluding hydrogens is 118 g/mol. The highest BCUT2D eigenvalue weighted by Gasteiger charge is 2.01. The lowest BCUT2D eigenvalue weighted by Crippen LogP contribution is -2.20. The standard InChI is InChI=1S/C6H15NO2/c1-2-5(7)3-4-6(8)9/h5-6,8-9H,2-4,7H2,1H3. The summed E-state index contributed by atoms with van der Waals surface area (Å²) in [7, 11) is 0. The Morgan fingerprint density at radius 3 is 2.22 bits per heavy atom. The van der Waals surface area contributed by atoms with Crippen molar-refractivity contribution in [1.82, 2.24) is 0 Å². The summed E-state index contributed by atoms with van der Waals surface area (Å²) in [6, 6.07) is 0.117. The van der Waals surface area contributed by atoms with E-state index in [1.54, 1.807) is 0 Å². The van der Waals surface area contributed by atoms with Crippen LogP contribution in [0.25, 0.3) is 0 Å². The number of aliphatic hydroxyl groups excluding tert-OH is 1. The van der Waals surface area contributed by atoms with Gasteiger partial charge in [0.25, 0.3) is 0 Å². The third kappa shape index (κ3) is 5.76. The number of rotatable bonds is 4. The van der Waals surface area contributed by atoms with Gasteiger partial charge in [0, 0.05) is 6.04 Å². The Balaban J connectivity index is 3.06. The second-order valence-electron chi connectivity index (χ2n) is 2.23. The van der Waals surface area contributed by atoms with E-state index in [0.717, 1.165) is 6.42 Å². The third-order valence-electron chi connectivity index (χ3n) is 1.32. The maximum atomic E-state index is 8.40. The highest BCUT2D eigenvalue weighted by molar-refractivity contribution is 4.57. The van der Waals surface area contributed by atoms with Gasteiger partial charge in [-0.1, -0.05) is 6.92 Å². The van der Waals surface area contributed by atoms with Crippen molar-refractivity contribution >= 4 is 0 Å². The van der Waals surface area contributed by atoms with Gasteiger partial charge in [0.1, 0.15) is 0 Å². The first-order valence-electron chi connectivity index (χ1n) is 3.28. The van der Waals surface area contributed by atoms with E-state index in [1.165, 1.54) is 0 Å². The van der Waals surface area contributed by atoms with Gasteiger partial charge in [0.15, 0.2) is 6.29 Å². The SMILES string of the molecule is CCC(N)CCC(O)O. The summed E-state index contributed by atoms with van der Waals surface area (Å²) in [6.07, 6.45) is 0.776. The predicted octanol–water partition coefficient (Wildman–Crippen LogP) is -0.185. The Bertz CT molecular complexity index is 66.1. The minimum Gasteiger partial charge on any atom is -0.368 e. The first-order chi connectivity index (χ1) is 4.16. The summed E-state index contributed by atoms with van der Waals surface area (Å²) >= 11 is 0. The van der Waals surface area contributed by atoms with Gasteiger partial charge in [-0.2, -0.15) is 0 Å². The number of hydrogen-bond donors (Lipinski definition) is 3. The molecule has 0 fully saturated rings. The van der Waals surface area contributed by atoms with Gasteiger partial charge in [-0.05, 0) is 19.3 Å². The van der Waals surface area contributed by atoms with E-state index in [-0.39, 0.29) is 6.04 Å². The van der Waals surface area contributed by atoms with E-state index in [1.807, 2.05) is 6.92 Å². The molecule has 0 heterocycles. The summed E-state index contributed by atoms with van der Waals surface area (Å²) in [6.45, 7) is 1.98. The van der Waals surface area contributed by atoms with E-state index in [0.29, 0.717) is 12.8 Å². The van der Waals surface area contributed by atoms with Gasteiger partial charge in [-0.25, -0.2) is 0 Å². The smallest absolute Gasteiger partial charge is 0.151 e. The molecule has 1 unspecified atom stereocenters. The maximum Gasteiger partial charge on any atom is 0.151 e. The number of nitrogens with two attached hydrogens (primary N) is 1. The summed E-state index contributed by atoms with van der Waals surface area (Å²) in [4.78, 5) is 0. The minimum atomic E-state index is -1.19. The molecule has 9 heavy (non-hydrogen) atoms. The van der Waals surface area contributed by atoms with E-state index in [9.17, 15) is 0 Å². The van der Waals surface area contributed by atoms with Crippen molar-refractivity contribution in [1.29, 1.82) is 0 Å². The van der Waals surface area contributed by atoms with Crippen LogP contribution in [0.2, 0.25) is 0 Å². The fraction of sp³-hybridized carbons (Fsp3) is 1.00. The van der Waals surface area contributed by atoms with Crippen LogP contribution in [-0.4, -0.2) is 22.5 Å². The van der Waals surface area contributed by atoms with E-state index in [4.69, 9.17) is 15.9 Å². The second-order valence-corrected chi connectivity index (χ2v) is 2.23. The molecule has 0 saturated carbocycles. The molecule has 4 N–H and O–H groups in total. The first kappa shape index (κ1) is 8.88. The highest BCUT2D eigenvalue weighted by Crippen LogP contribution is 1.99. The van der Waals surface area contributed by atoms with Gasteiger partial charge in [0.05, 0.1) is 0 Å². The highest BCUT2D eigenvalue weighted by atomic mass is 16.5. The minimum absolute atomic E-state index is 0.117. The molecule has 3 heteroatoms. The Labute approximate surface area is 55.5 Å². The topological polar surface area (TPSA) is 66.5 Å². The molecule has 3 nitrogen and oxygen atoms in total. The zero-order valence-electron chi connectivity index (χ0n) is 5.75. The van der Waals surface area contributed by atoms with Crippen molar-refractivity contribution in [2.24, 2.45) is 5.73 Å². The van der Waals surface area contributed by atoms with Crippen molar-refractivity contribution in [3.63, 3.8) is 0 Å². The van der Waals surface area contributed by atoms with Gasteiger partial charge in [-0.3, -0.25) is 0 Å². The Morgan fingerprint density at radius 1 is 1.33 bits per heavy atom. The average Bonchev–Trinajstić information content (AvgIpc) is 1.83. The van der Waals surface area contributed by atoms with Crippen LogP contribution in [0.4, 0.5) is 0 Å². The predicted molar refractivity (Wildman–Crippen MR) is 35.7 cm³/mol. The van der Waals surface area contributed by atoms with Crippen LogP contribution >= 0.6 is 0 Å². The molecule has 0 aromatic carbocycles. The zero-order chi connectivity index (χ0) is 7.28. The normalized spacial score (nSPS) is 14.3. The Kier molecular flexibility index (Phi) is 4.67. The molecule has 0 aliphatic rings. The van der Waals surface area contributed by atoms with Gasteiger partial charge in [-0.15, -0.1) is 0 Å². The molecule has 0 rings (SSSR count). The molecule has 1 atom stereocenters. The van der Waals surface area contributed by atoms with Crippen molar-refractivity contribution < 1.29 is 10.2 Å². The van der Waals surface area contributed by atoms with Crippen LogP contribution in [0.5, 0.6) is 0 Å². The first-order valence-corrected chi connectivity index (χ1v) is 3.28. The van der Waals surface area contributed by atoms with Crippen molar-refractivity contribution in [3.8, 4) is 0 Å². The van der Waals surface area contributed by atoms with Crippen LogP contribution in [0.15, 0.2) is 0 Å². The lowest BCUT2D eigenvalue weighted by atomic mass is 10.1. The van der Waals surface area contributed by atoms with Crippen LogP contribution in [0.3, 0.4) is 0 Å². The van der Waals surface area contributed by atoms with Crippen molar-refractivity contribution in [2.75, 3.05) is 0 Å². The van der Waals surface area contributed by atoms with Crippen LogP contribution < -0.4 is 5.73 Å². The van der Waals surface area contributed by atoms with Crippen molar-refractivity contribution in [2.45, 2.75) is 38.5 Å². The molecule has 0 radical (unpaired) electrons. The Morgan fingerprint density at radius 2 is 1.89 bits per heavy atom. The summed E-state index contributed by atoms with van der Waals surface area (Å²) in [5, 5.41) is 16.8. The fourth-order valence-corrected chi connectivity index (χ4v) is 0.567. The molecule has 56 valence electrons. The average molecular weight is 133 g/mol. The van der Waals surface area contributed by atoms with Gasteiger partial charge in [0.2, 0.25) is 0 Å². The molecule has 0 bridgehead atoms. The zero-order valence-corrected chi connectivity index (χ0v) is 5.75. The summed E-state index contributed by atoms with van der Waals surface area (Å²) in [5.74, 6) is 0. The number of aliphatic hydroxyl groups is 2. The van der Waals surface area contributed by atoms with E-state index < -0.39 is 6.29 Å². The quantitative estimate of drug-likeness (QED) is 0.466. The van der Waals surface area contributed by atoms with E-state index in [2.05, 4.69) is 0 Å². The largest absolute Gasteiger partial charge is 0.368 e. The van der Waals surface area contributed by atoms with Gasteiger partial charge < -0.3 is 15.9 Å². The molecule has 0 amide bonds. The molecule has 0 aliphatic carbocycles. The summed E-state index contributed by atoms with van der Waals surface area (Å²) < 4.78 is 0.